The van der Waals surface area contributed by atoms with Crippen LogP contribution in [0.25, 0.3) is 11.5 Å². The van der Waals surface area contributed by atoms with E-state index in [4.69, 9.17) is 4.42 Å². The predicted octanol–water partition coefficient (Wildman–Crippen LogP) is 4.91. The molecule has 2 heterocycles. The van der Waals surface area contributed by atoms with E-state index in [-0.39, 0.29) is 5.91 Å². The number of carboxylic acids is 1. The number of benzene rings is 2. The van der Waals surface area contributed by atoms with Gasteiger partial charge in [0.25, 0.3) is 0 Å². The van der Waals surface area contributed by atoms with Crippen LogP contribution in [0.3, 0.4) is 0 Å². The predicted molar refractivity (Wildman–Crippen MR) is 133 cm³/mol. The Kier molecular flexibility index (Phi) is 7.45. The minimum atomic E-state index is -0.869. The fourth-order valence-electron chi connectivity index (χ4n) is 4.05. The van der Waals surface area contributed by atoms with Gasteiger partial charge in [0.05, 0.1) is 5.69 Å². The summed E-state index contributed by atoms with van der Waals surface area (Å²) >= 11 is 0. The second kappa shape index (κ2) is 10.9. The molecule has 0 saturated heterocycles. The first-order chi connectivity index (χ1) is 16.9. The van der Waals surface area contributed by atoms with Crippen LogP contribution in [-0.2, 0) is 29.0 Å². The van der Waals surface area contributed by atoms with Crippen LogP contribution in [0.5, 0.6) is 0 Å². The van der Waals surface area contributed by atoms with Gasteiger partial charge < -0.3 is 19.0 Å². The van der Waals surface area contributed by atoms with Gasteiger partial charge in [-0.15, -0.1) is 0 Å². The molecule has 180 valence electrons. The molecule has 1 atom stereocenters. The number of amides is 1. The van der Waals surface area contributed by atoms with Crippen molar-refractivity contribution in [3.05, 3.63) is 102 Å². The Morgan fingerprint density at radius 3 is 2.29 bits per heavy atom. The van der Waals surface area contributed by atoms with Gasteiger partial charge in [-0.25, -0.2) is 9.78 Å². The maximum absolute atomic E-state index is 12.3. The lowest BCUT2D eigenvalue weighted by atomic mass is 10.0. The molecule has 0 fully saturated rings. The number of carboxylic acid groups (broad SMARTS) is 1. The lowest BCUT2D eigenvalue weighted by Gasteiger charge is -2.21. The van der Waals surface area contributed by atoms with E-state index < -0.39 is 12.0 Å². The van der Waals surface area contributed by atoms with Crippen molar-refractivity contribution in [2.75, 3.05) is 6.54 Å². The molecule has 2 aromatic carbocycles. The number of rotatable bonds is 10. The van der Waals surface area contributed by atoms with Crippen LogP contribution in [-0.4, -0.2) is 38.0 Å². The van der Waals surface area contributed by atoms with E-state index >= 15 is 0 Å². The van der Waals surface area contributed by atoms with Crippen molar-refractivity contribution in [3.63, 3.8) is 0 Å². The molecule has 0 spiro atoms. The standard InChI is InChI=1S/C28H29N3O4/c1-20-25(29-27(35-20)24-8-4-3-5-9-24)14-17-31(21(2)32)19-23-12-10-22(11-13-23)18-26(28(33)34)30-15-6-7-16-30/h3-13,15-16,26H,14,17-19H2,1-2H3,(H,33,34). The Morgan fingerprint density at radius 2 is 1.66 bits per heavy atom. The first-order valence-electron chi connectivity index (χ1n) is 11.6. The molecule has 0 aliphatic carbocycles. The largest absolute Gasteiger partial charge is 0.480 e. The Morgan fingerprint density at radius 1 is 1.00 bits per heavy atom. The second-order valence-corrected chi connectivity index (χ2v) is 8.58. The molecule has 7 heteroatoms. The van der Waals surface area contributed by atoms with Crippen molar-refractivity contribution in [2.24, 2.45) is 0 Å². The van der Waals surface area contributed by atoms with Gasteiger partial charge in [0.2, 0.25) is 11.8 Å². The van der Waals surface area contributed by atoms with Gasteiger partial charge in [0.1, 0.15) is 11.8 Å². The summed E-state index contributed by atoms with van der Waals surface area (Å²) in [5.74, 6) is 0.457. The fourth-order valence-corrected chi connectivity index (χ4v) is 4.05. The molecule has 4 aromatic rings. The van der Waals surface area contributed by atoms with Crippen LogP contribution in [0.2, 0.25) is 0 Å². The molecule has 2 aromatic heterocycles. The van der Waals surface area contributed by atoms with Crippen LogP contribution >= 0.6 is 0 Å². The molecule has 7 nitrogen and oxygen atoms in total. The van der Waals surface area contributed by atoms with E-state index in [1.165, 1.54) is 0 Å². The summed E-state index contributed by atoms with van der Waals surface area (Å²) in [7, 11) is 0. The van der Waals surface area contributed by atoms with Crippen LogP contribution < -0.4 is 0 Å². The van der Waals surface area contributed by atoms with Crippen molar-refractivity contribution < 1.29 is 19.1 Å². The molecule has 0 bridgehead atoms. The quantitative estimate of drug-likeness (QED) is 0.355. The van der Waals surface area contributed by atoms with Crippen molar-refractivity contribution in [1.82, 2.24) is 14.5 Å². The van der Waals surface area contributed by atoms with E-state index in [0.717, 1.165) is 28.1 Å². The third-order valence-corrected chi connectivity index (χ3v) is 6.08. The zero-order valence-corrected chi connectivity index (χ0v) is 19.9. The summed E-state index contributed by atoms with van der Waals surface area (Å²) < 4.78 is 7.54. The van der Waals surface area contributed by atoms with E-state index in [2.05, 4.69) is 4.98 Å². The monoisotopic (exact) mass is 471 g/mol. The minimum absolute atomic E-state index is 0.0166. The normalized spacial score (nSPS) is 11.8. The molecule has 0 radical (unpaired) electrons. The highest BCUT2D eigenvalue weighted by Crippen LogP contribution is 2.22. The molecule has 1 N–H and O–H groups in total. The molecule has 0 saturated carbocycles. The highest BCUT2D eigenvalue weighted by molar-refractivity contribution is 5.73. The summed E-state index contributed by atoms with van der Waals surface area (Å²) in [4.78, 5) is 30.4. The zero-order chi connectivity index (χ0) is 24.8. The van der Waals surface area contributed by atoms with Gasteiger partial charge in [-0.3, -0.25) is 4.79 Å². The van der Waals surface area contributed by atoms with Gasteiger partial charge in [0.15, 0.2) is 0 Å². The first-order valence-corrected chi connectivity index (χ1v) is 11.6. The topological polar surface area (TPSA) is 88.6 Å². The van der Waals surface area contributed by atoms with Crippen molar-refractivity contribution >= 4 is 11.9 Å². The second-order valence-electron chi connectivity index (χ2n) is 8.58. The number of carbonyl (C=O) groups excluding carboxylic acids is 1. The van der Waals surface area contributed by atoms with E-state index in [1.807, 2.05) is 73.7 Å². The lowest BCUT2D eigenvalue weighted by molar-refractivity contribution is -0.140. The molecule has 1 unspecified atom stereocenters. The number of nitrogens with zero attached hydrogens (tertiary/aromatic N) is 3. The van der Waals surface area contributed by atoms with Crippen molar-refractivity contribution in [1.29, 1.82) is 0 Å². The number of aliphatic carboxylic acids is 1. The zero-order valence-electron chi connectivity index (χ0n) is 19.9. The number of aromatic nitrogens is 2. The van der Waals surface area contributed by atoms with E-state index in [9.17, 15) is 14.7 Å². The average Bonchev–Trinajstić information content (AvgIpc) is 3.51. The van der Waals surface area contributed by atoms with Crippen molar-refractivity contribution in [2.45, 2.75) is 39.3 Å². The number of aryl methyl sites for hydroxylation is 1. The Hall–Kier alpha value is -4.13. The van der Waals surface area contributed by atoms with E-state index in [1.54, 1.807) is 28.8 Å². The SMILES string of the molecule is CC(=O)N(CCc1nc(-c2ccccc2)oc1C)Cc1ccc(CC(C(=O)O)n2cccc2)cc1. The number of oxazole rings is 1. The van der Waals surface area contributed by atoms with Crippen LogP contribution in [0.1, 0.15) is 35.5 Å². The van der Waals surface area contributed by atoms with Crippen LogP contribution in [0.4, 0.5) is 0 Å². The van der Waals surface area contributed by atoms with Gasteiger partial charge in [-0.2, -0.15) is 0 Å². The summed E-state index contributed by atoms with van der Waals surface area (Å²) in [6.45, 7) is 4.45. The molecule has 0 aliphatic rings. The first kappa shape index (κ1) is 24.0. The maximum atomic E-state index is 12.3. The molecule has 1 amide bonds. The van der Waals surface area contributed by atoms with Gasteiger partial charge >= 0.3 is 5.97 Å². The van der Waals surface area contributed by atoms with Crippen molar-refractivity contribution in [3.8, 4) is 11.5 Å². The molecular weight excluding hydrogens is 442 g/mol. The van der Waals surface area contributed by atoms with Gasteiger partial charge in [-0.05, 0) is 42.3 Å². The molecule has 4 rings (SSSR count). The summed E-state index contributed by atoms with van der Waals surface area (Å²) in [6.07, 6.45) is 4.50. The fraction of sp³-hybridized carbons (Fsp3) is 0.250. The third kappa shape index (κ3) is 6.06. The van der Waals surface area contributed by atoms with Gasteiger partial charge in [-0.1, -0.05) is 42.5 Å². The highest BCUT2D eigenvalue weighted by atomic mass is 16.4. The molecular formula is C28H29N3O4. The van der Waals surface area contributed by atoms with Crippen LogP contribution in [0, 0.1) is 6.92 Å². The van der Waals surface area contributed by atoms with E-state index in [0.29, 0.717) is 31.8 Å². The summed E-state index contributed by atoms with van der Waals surface area (Å²) in [6, 6.07) is 20.5. The van der Waals surface area contributed by atoms with Crippen LogP contribution in [0.15, 0.2) is 83.5 Å². The number of hydrogen-bond donors (Lipinski definition) is 1. The molecule has 35 heavy (non-hydrogen) atoms. The number of hydrogen-bond acceptors (Lipinski definition) is 4. The summed E-state index contributed by atoms with van der Waals surface area (Å²) in [5.41, 5.74) is 3.68. The molecule has 0 aliphatic heterocycles. The highest BCUT2D eigenvalue weighted by Gasteiger charge is 2.19. The third-order valence-electron chi connectivity index (χ3n) is 6.08. The maximum Gasteiger partial charge on any atom is 0.327 e. The Labute approximate surface area is 204 Å². The smallest absolute Gasteiger partial charge is 0.327 e. The Bertz CT molecular complexity index is 1260. The average molecular weight is 472 g/mol. The van der Waals surface area contributed by atoms with Gasteiger partial charge in [0, 0.05) is 50.8 Å². The lowest BCUT2D eigenvalue weighted by Crippen LogP contribution is -2.30. The number of carbonyl (C=O) groups is 2. The summed E-state index contributed by atoms with van der Waals surface area (Å²) in [5, 5.41) is 9.60. The minimum Gasteiger partial charge on any atom is -0.480 e. The Balaban J connectivity index is 1.39.